The first-order valence-electron chi connectivity index (χ1n) is 8.75. The second-order valence-electron chi connectivity index (χ2n) is 6.94. The minimum Gasteiger partial charge on any atom is -0.342 e. The van der Waals surface area contributed by atoms with Gasteiger partial charge in [0.25, 0.3) is 0 Å². The quantitative estimate of drug-likeness (QED) is 0.925. The zero-order valence-electron chi connectivity index (χ0n) is 13.8. The molecule has 0 amide bonds. The average molecular weight is 290 g/mol. The van der Waals surface area contributed by atoms with Gasteiger partial charge in [0.1, 0.15) is 0 Å². The molecule has 2 fully saturated rings. The number of aryl methyl sites for hydroxylation is 1. The van der Waals surface area contributed by atoms with Crippen molar-refractivity contribution in [1.82, 2.24) is 14.9 Å². The van der Waals surface area contributed by atoms with Gasteiger partial charge in [0.05, 0.1) is 5.69 Å². The molecule has 21 heavy (non-hydrogen) atoms. The standard InChI is InChI=1S/C17H30N4/c1-4-15-12-21(13(2)3)17(19-15)20-10-6-7-14(11-20)16-8-5-9-18-16/h12-14,16,18H,4-11H2,1-3H3. The first-order valence-corrected chi connectivity index (χ1v) is 8.75. The van der Waals surface area contributed by atoms with E-state index in [0.29, 0.717) is 6.04 Å². The Kier molecular flexibility index (Phi) is 4.53. The molecule has 2 unspecified atom stereocenters. The lowest BCUT2D eigenvalue weighted by atomic mass is 9.90. The summed E-state index contributed by atoms with van der Waals surface area (Å²) in [7, 11) is 0. The number of rotatable bonds is 4. The predicted octanol–water partition coefficient (Wildman–Crippen LogP) is 2.99. The van der Waals surface area contributed by atoms with Gasteiger partial charge < -0.3 is 14.8 Å². The highest BCUT2D eigenvalue weighted by molar-refractivity contribution is 5.35. The van der Waals surface area contributed by atoms with Gasteiger partial charge in [0.15, 0.2) is 0 Å². The molecule has 2 saturated heterocycles. The predicted molar refractivity (Wildman–Crippen MR) is 88.0 cm³/mol. The Hall–Kier alpha value is -1.03. The molecule has 2 aliphatic rings. The van der Waals surface area contributed by atoms with Gasteiger partial charge >= 0.3 is 0 Å². The molecule has 2 atom stereocenters. The Morgan fingerprint density at radius 1 is 1.33 bits per heavy atom. The van der Waals surface area contributed by atoms with Crippen molar-refractivity contribution in [3.05, 3.63) is 11.9 Å². The number of hydrogen-bond acceptors (Lipinski definition) is 3. The Labute approximate surface area is 128 Å². The number of nitrogens with one attached hydrogen (secondary N) is 1. The van der Waals surface area contributed by atoms with E-state index < -0.39 is 0 Å². The Bertz CT molecular complexity index is 459. The topological polar surface area (TPSA) is 33.1 Å². The molecule has 1 N–H and O–H groups in total. The first-order chi connectivity index (χ1) is 10.2. The molecular formula is C17H30N4. The Balaban J connectivity index is 1.77. The van der Waals surface area contributed by atoms with Gasteiger partial charge in [-0.2, -0.15) is 0 Å². The van der Waals surface area contributed by atoms with Crippen LogP contribution >= 0.6 is 0 Å². The summed E-state index contributed by atoms with van der Waals surface area (Å²) >= 11 is 0. The number of anilines is 1. The average Bonchev–Trinajstić information content (AvgIpc) is 3.17. The summed E-state index contributed by atoms with van der Waals surface area (Å²) in [5.74, 6) is 1.99. The molecule has 0 aromatic carbocycles. The van der Waals surface area contributed by atoms with E-state index in [9.17, 15) is 0 Å². The fraction of sp³-hybridized carbons (Fsp3) is 0.824. The Morgan fingerprint density at radius 2 is 2.19 bits per heavy atom. The van der Waals surface area contributed by atoms with Crippen LogP contribution in [0.3, 0.4) is 0 Å². The van der Waals surface area contributed by atoms with Gasteiger partial charge in [-0.05, 0) is 58.4 Å². The lowest BCUT2D eigenvalue weighted by Gasteiger charge is -2.37. The van der Waals surface area contributed by atoms with Crippen LogP contribution in [0.15, 0.2) is 6.20 Å². The van der Waals surface area contributed by atoms with Crippen LogP contribution in [0.25, 0.3) is 0 Å². The van der Waals surface area contributed by atoms with Crippen LogP contribution in [0.4, 0.5) is 5.95 Å². The van der Waals surface area contributed by atoms with E-state index >= 15 is 0 Å². The van der Waals surface area contributed by atoms with E-state index in [1.807, 2.05) is 0 Å². The van der Waals surface area contributed by atoms with Crippen molar-refractivity contribution >= 4 is 5.95 Å². The summed E-state index contributed by atoms with van der Waals surface area (Å²) in [5, 5.41) is 3.70. The molecule has 0 saturated carbocycles. The molecular weight excluding hydrogens is 260 g/mol. The van der Waals surface area contributed by atoms with Crippen LogP contribution in [0.1, 0.15) is 58.2 Å². The van der Waals surface area contributed by atoms with E-state index in [-0.39, 0.29) is 0 Å². The highest BCUT2D eigenvalue weighted by Gasteiger charge is 2.30. The summed E-state index contributed by atoms with van der Waals surface area (Å²) in [4.78, 5) is 7.44. The van der Waals surface area contributed by atoms with E-state index in [1.54, 1.807) is 0 Å². The second kappa shape index (κ2) is 6.39. The van der Waals surface area contributed by atoms with E-state index in [2.05, 4.69) is 41.8 Å². The van der Waals surface area contributed by atoms with Crippen molar-refractivity contribution in [3.63, 3.8) is 0 Å². The van der Waals surface area contributed by atoms with Crippen LogP contribution in [0, 0.1) is 5.92 Å². The minimum absolute atomic E-state index is 0.484. The van der Waals surface area contributed by atoms with Crippen LogP contribution in [-0.4, -0.2) is 35.2 Å². The maximum Gasteiger partial charge on any atom is 0.205 e. The van der Waals surface area contributed by atoms with Crippen molar-refractivity contribution in [3.8, 4) is 0 Å². The van der Waals surface area contributed by atoms with Crippen LogP contribution in [-0.2, 0) is 6.42 Å². The van der Waals surface area contributed by atoms with Crippen molar-refractivity contribution < 1.29 is 0 Å². The molecule has 2 aliphatic heterocycles. The molecule has 118 valence electrons. The highest BCUT2D eigenvalue weighted by atomic mass is 15.3. The number of piperidine rings is 1. The van der Waals surface area contributed by atoms with Gasteiger partial charge in [-0.15, -0.1) is 0 Å². The molecule has 3 heterocycles. The summed E-state index contributed by atoms with van der Waals surface area (Å²) in [6, 6.07) is 1.22. The van der Waals surface area contributed by atoms with Crippen molar-refractivity contribution in [2.75, 3.05) is 24.5 Å². The third-order valence-electron chi connectivity index (χ3n) is 5.09. The van der Waals surface area contributed by atoms with E-state index in [1.165, 1.54) is 50.4 Å². The maximum absolute atomic E-state index is 4.90. The Morgan fingerprint density at radius 3 is 2.86 bits per heavy atom. The van der Waals surface area contributed by atoms with Crippen LogP contribution in [0.2, 0.25) is 0 Å². The van der Waals surface area contributed by atoms with E-state index in [0.717, 1.165) is 24.9 Å². The van der Waals surface area contributed by atoms with Gasteiger partial charge in [0, 0.05) is 31.4 Å². The summed E-state index contributed by atoms with van der Waals surface area (Å²) in [6.07, 6.45) is 8.65. The molecule has 0 radical (unpaired) electrons. The molecule has 1 aromatic rings. The minimum atomic E-state index is 0.484. The largest absolute Gasteiger partial charge is 0.342 e. The second-order valence-corrected chi connectivity index (χ2v) is 6.94. The van der Waals surface area contributed by atoms with Gasteiger partial charge in [-0.3, -0.25) is 0 Å². The fourth-order valence-electron chi connectivity index (χ4n) is 3.85. The van der Waals surface area contributed by atoms with Gasteiger partial charge in [0.2, 0.25) is 5.95 Å². The number of nitrogens with zero attached hydrogens (tertiary/aromatic N) is 3. The van der Waals surface area contributed by atoms with Crippen molar-refractivity contribution in [2.45, 2.75) is 65.0 Å². The normalized spacial score (nSPS) is 26.8. The third kappa shape index (κ3) is 3.10. The van der Waals surface area contributed by atoms with Gasteiger partial charge in [-0.25, -0.2) is 4.98 Å². The highest BCUT2D eigenvalue weighted by Crippen LogP contribution is 2.29. The smallest absolute Gasteiger partial charge is 0.205 e. The SMILES string of the molecule is CCc1cn(C(C)C)c(N2CCCC(C3CCCN3)C2)n1. The molecule has 0 spiro atoms. The number of aromatic nitrogens is 2. The van der Waals surface area contributed by atoms with E-state index in [4.69, 9.17) is 4.98 Å². The fourth-order valence-corrected chi connectivity index (χ4v) is 3.85. The number of imidazole rings is 1. The monoisotopic (exact) mass is 290 g/mol. The third-order valence-corrected chi connectivity index (χ3v) is 5.09. The summed E-state index contributed by atoms with van der Waals surface area (Å²) in [6.45, 7) is 10.2. The zero-order chi connectivity index (χ0) is 14.8. The molecule has 0 bridgehead atoms. The zero-order valence-corrected chi connectivity index (χ0v) is 13.8. The lowest BCUT2D eigenvalue weighted by Crippen LogP contribution is -2.44. The molecule has 3 rings (SSSR count). The maximum atomic E-state index is 4.90. The van der Waals surface area contributed by atoms with Crippen molar-refractivity contribution in [1.29, 1.82) is 0 Å². The van der Waals surface area contributed by atoms with Crippen molar-refractivity contribution in [2.24, 2.45) is 5.92 Å². The number of hydrogen-bond donors (Lipinski definition) is 1. The molecule has 4 heteroatoms. The molecule has 1 aromatic heterocycles. The first kappa shape index (κ1) is 14.9. The summed E-state index contributed by atoms with van der Waals surface area (Å²) < 4.78 is 2.36. The molecule has 0 aliphatic carbocycles. The van der Waals surface area contributed by atoms with Crippen LogP contribution < -0.4 is 10.2 Å². The molecule has 4 nitrogen and oxygen atoms in total. The lowest BCUT2D eigenvalue weighted by molar-refractivity contribution is 0.324. The van der Waals surface area contributed by atoms with Gasteiger partial charge in [-0.1, -0.05) is 6.92 Å². The summed E-state index contributed by atoms with van der Waals surface area (Å²) in [5.41, 5.74) is 1.22. The van der Waals surface area contributed by atoms with Crippen LogP contribution in [0.5, 0.6) is 0 Å².